The third-order valence-electron chi connectivity index (χ3n) is 4.70. The Bertz CT molecular complexity index is 471. The Hall–Kier alpha value is -0.960. The first-order valence-electron chi connectivity index (χ1n) is 7.42. The summed E-state index contributed by atoms with van der Waals surface area (Å²) in [6, 6.07) is 0. The predicted molar refractivity (Wildman–Crippen MR) is 80.3 cm³/mol. The SMILES string of the molecule is CC1(c2csnn2)C=CC(CCCC2CCC2)=CC1. The highest BCUT2D eigenvalue weighted by Crippen LogP contribution is 2.35. The fraction of sp³-hybridized carbons (Fsp3) is 0.625. The molecule has 1 aromatic heterocycles. The lowest BCUT2D eigenvalue weighted by Gasteiger charge is -2.27. The molecule has 1 heterocycles. The second-order valence-electron chi connectivity index (χ2n) is 6.21. The molecule has 0 bridgehead atoms. The van der Waals surface area contributed by atoms with Crippen LogP contribution in [0.15, 0.2) is 29.2 Å². The monoisotopic (exact) mass is 274 g/mol. The van der Waals surface area contributed by atoms with E-state index in [4.69, 9.17) is 0 Å². The lowest BCUT2D eigenvalue weighted by molar-refractivity contribution is 0.290. The summed E-state index contributed by atoms with van der Waals surface area (Å²) in [5.41, 5.74) is 2.68. The molecule has 0 N–H and O–H groups in total. The Morgan fingerprint density at radius 3 is 2.89 bits per heavy atom. The first-order valence-corrected chi connectivity index (χ1v) is 8.26. The molecule has 0 radical (unpaired) electrons. The molecule has 0 spiro atoms. The van der Waals surface area contributed by atoms with Crippen molar-refractivity contribution in [3.05, 3.63) is 34.9 Å². The van der Waals surface area contributed by atoms with Crippen molar-refractivity contribution in [2.24, 2.45) is 5.92 Å². The summed E-state index contributed by atoms with van der Waals surface area (Å²) in [7, 11) is 0. The van der Waals surface area contributed by atoms with Crippen molar-refractivity contribution < 1.29 is 0 Å². The Morgan fingerprint density at radius 2 is 2.32 bits per heavy atom. The van der Waals surface area contributed by atoms with Crippen molar-refractivity contribution in [2.45, 2.75) is 57.3 Å². The van der Waals surface area contributed by atoms with Gasteiger partial charge in [0.2, 0.25) is 0 Å². The van der Waals surface area contributed by atoms with E-state index in [0.29, 0.717) is 0 Å². The van der Waals surface area contributed by atoms with Gasteiger partial charge in [-0.25, -0.2) is 0 Å². The van der Waals surface area contributed by atoms with Gasteiger partial charge in [0.25, 0.3) is 0 Å². The molecule has 1 saturated carbocycles. The molecule has 19 heavy (non-hydrogen) atoms. The van der Waals surface area contributed by atoms with Crippen LogP contribution in [0.5, 0.6) is 0 Å². The second kappa shape index (κ2) is 5.58. The number of hydrogen-bond donors (Lipinski definition) is 0. The van der Waals surface area contributed by atoms with Crippen LogP contribution in [-0.2, 0) is 5.41 Å². The Morgan fingerprint density at radius 1 is 1.42 bits per heavy atom. The maximum absolute atomic E-state index is 4.23. The standard InChI is InChI=1S/C16H22N2S/c1-16(15-12-19-18-17-15)10-8-14(9-11-16)7-3-6-13-4-2-5-13/h8-10,12-13H,2-7,11H2,1H3. The van der Waals surface area contributed by atoms with Crippen molar-refractivity contribution in [1.82, 2.24) is 9.59 Å². The van der Waals surface area contributed by atoms with Crippen LogP contribution in [-0.4, -0.2) is 9.59 Å². The molecule has 0 aliphatic heterocycles. The van der Waals surface area contributed by atoms with Crippen LogP contribution >= 0.6 is 11.5 Å². The van der Waals surface area contributed by atoms with E-state index in [-0.39, 0.29) is 5.41 Å². The van der Waals surface area contributed by atoms with Crippen molar-refractivity contribution in [3.63, 3.8) is 0 Å². The number of hydrogen-bond acceptors (Lipinski definition) is 3. The maximum atomic E-state index is 4.23. The van der Waals surface area contributed by atoms with Gasteiger partial charge in [-0.05, 0) is 36.7 Å². The molecule has 3 rings (SSSR count). The highest BCUT2D eigenvalue weighted by Gasteiger charge is 2.27. The van der Waals surface area contributed by atoms with Crippen LogP contribution in [0.3, 0.4) is 0 Å². The highest BCUT2D eigenvalue weighted by atomic mass is 32.1. The van der Waals surface area contributed by atoms with E-state index < -0.39 is 0 Å². The van der Waals surface area contributed by atoms with Crippen molar-refractivity contribution in [2.75, 3.05) is 0 Å². The van der Waals surface area contributed by atoms with Gasteiger partial charge in [0, 0.05) is 10.8 Å². The van der Waals surface area contributed by atoms with Crippen molar-refractivity contribution >= 4 is 11.5 Å². The molecule has 0 aromatic carbocycles. The topological polar surface area (TPSA) is 25.8 Å². The molecule has 1 atom stereocenters. The Balaban J connectivity index is 1.51. The summed E-state index contributed by atoms with van der Waals surface area (Å²) < 4.78 is 3.98. The molecule has 3 heteroatoms. The van der Waals surface area contributed by atoms with E-state index >= 15 is 0 Å². The Kier molecular flexibility index (Phi) is 3.83. The predicted octanol–water partition coefficient (Wildman–Crippen LogP) is 4.65. The number of allylic oxidation sites excluding steroid dienone is 4. The maximum Gasteiger partial charge on any atom is 0.0855 e. The lowest BCUT2D eigenvalue weighted by Crippen LogP contribution is -2.21. The average Bonchev–Trinajstić information content (AvgIpc) is 2.89. The molecule has 2 aliphatic rings. The quantitative estimate of drug-likeness (QED) is 0.781. The fourth-order valence-corrected chi connectivity index (χ4v) is 3.53. The minimum Gasteiger partial charge on any atom is -0.142 e. The van der Waals surface area contributed by atoms with Gasteiger partial charge < -0.3 is 0 Å². The minimum absolute atomic E-state index is 0.0600. The van der Waals surface area contributed by atoms with E-state index in [9.17, 15) is 0 Å². The third kappa shape index (κ3) is 2.97. The van der Waals surface area contributed by atoms with Gasteiger partial charge in [-0.2, -0.15) is 0 Å². The van der Waals surface area contributed by atoms with Gasteiger partial charge in [-0.15, -0.1) is 5.10 Å². The van der Waals surface area contributed by atoms with Crippen LogP contribution in [0.1, 0.15) is 57.6 Å². The van der Waals surface area contributed by atoms with Gasteiger partial charge in [0.1, 0.15) is 0 Å². The number of rotatable bonds is 5. The molecule has 2 aliphatic carbocycles. The van der Waals surface area contributed by atoms with Gasteiger partial charge >= 0.3 is 0 Å². The molecule has 0 saturated heterocycles. The summed E-state index contributed by atoms with van der Waals surface area (Å²) in [5.74, 6) is 1.04. The molecule has 1 fully saturated rings. The van der Waals surface area contributed by atoms with E-state index in [1.165, 1.54) is 55.6 Å². The second-order valence-corrected chi connectivity index (χ2v) is 6.82. The average molecular weight is 274 g/mol. The molecule has 2 nitrogen and oxygen atoms in total. The summed E-state index contributed by atoms with van der Waals surface area (Å²) in [6.07, 6.45) is 16.5. The number of aromatic nitrogens is 2. The van der Waals surface area contributed by atoms with E-state index in [0.717, 1.165) is 18.0 Å². The molecular formula is C16H22N2S. The van der Waals surface area contributed by atoms with Crippen molar-refractivity contribution in [3.8, 4) is 0 Å². The summed E-state index contributed by atoms with van der Waals surface area (Å²) in [5, 5.41) is 6.30. The third-order valence-corrected chi connectivity index (χ3v) is 5.21. The van der Waals surface area contributed by atoms with Crippen LogP contribution in [0.2, 0.25) is 0 Å². The largest absolute Gasteiger partial charge is 0.142 e. The van der Waals surface area contributed by atoms with Gasteiger partial charge in [-0.1, -0.05) is 60.9 Å². The van der Waals surface area contributed by atoms with Crippen molar-refractivity contribution in [1.29, 1.82) is 0 Å². The highest BCUT2D eigenvalue weighted by molar-refractivity contribution is 7.03. The van der Waals surface area contributed by atoms with Crippen LogP contribution in [0, 0.1) is 5.92 Å². The molecule has 1 aromatic rings. The van der Waals surface area contributed by atoms with Crippen LogP contribution in [0.4, 0.5) is 0 Å². The van der Waals surface area contributed by atoms with Crippen LogP contribution < -0.4 is 0 Å². The first kappa shape index (κ1) is 13.0. The summed E-state index contributed by atoms with van der Waals surface area (Å²) >= 11 is 1.44. The number of nitrogens with zero attached hydrogens (tertiary/aromatic N) is 2. The minimum atomic E-state index is 0.0600. The van der Waals surface area contributed by atoms with E-state index in [1.807, 2.05) is 0 Å². The Labute approximate surface area is 119 Å². The smallest absolute Gasteiger partial charge is 0.0855 e. The zero-order valence-electron chi connectivity index (χ0n) is 11.6. The van der Waals surface area contributed by atoms with E-state index in [2.05, 4.69) is 40.1 Å². The van der Waals surface area contributed by atoms with Crippen LogP contribution in [0.25, 0.3) is 0 Å². The molecule has 1 unspecified atom stereocenters. The normalized spacial score (nSPS) is 27.1. The van der Waals surface area contributed by atoms with Gasteiger partial charge in [0.15, 0.2) is 0 Å². The van der Waals surface area contributed by atoms with Gasteiger partial charge in [-0.3, -0.25) is 0 Å². The molecule has 0 amide bonds. The van der Waals surface area contributed by atoms with E-state index in [1.54, 1.807) is 0 Å². The summed E-state index contributed by atoms with van der Waals surface area (Å²) in [4.78, 5) is 0. The first-order chi connectivity index (χ1) is 9.26. The fourth-order valence-electron chi connectivity index (χ4n) is 2.94. The lowest BCUT2D eigenvalue weighted by atomic mass is 9.78. The van der Waals surface area contributed by atoms with Gasteiger partial charge in [0.05, 0.1) is 5.69 Å². The molecular weight excluding hydrogens is 252 g/mol. The molecule has 102 valence electrons. The zero-order valence-corrected chi connectivity index (χ0v) is 12.5. The zero-order chi connectivity index (χ0) is 13.1. The summed E-state index contributed by atoms with van der Waals surface area (Å²) in [6.45, 7) is 2.25.